The van der Waals surface area contributed by atoms with Gasteiger partial charge in [-0.3, -0.25) is 0 Å². The van der Waals surface area contributed by atoms with Crippen molar-refractivity contribution in [1.82, 2.24) is 15.0 Å². The molecule has 0 N–H and O–H groups in total. The standard InChI is InChI=1S/C44H35N3OSi/c1-49(2,3)39-24-22-30(23-25-39)32-15-9-16-33(26-32)34-17-10-19-37(27-34)43-45-42(31-12-5-4-6-13-31)46-44(47-43)38-20-11-18-35(28-38)41-29-36-14-7-8-21-40(36)48-41/h4-29H,1-3H3. The first-order chi connectivity index (χ1) is 23.9. The molecule has 0 spiro atoms. The lowest BCUT2D eigenvalue weighted by molar-refractivity contribution is 0.631. The lowest BCUT2D eigenvalue weighted by Crippen LogP contribution is -2.37. The highest BCUT2D eigenvalue weighted by atomic mass is 28.3. The first-order valence-electron chi connectivity index (χ1n) is 16.6. The minimum atomic E-state index is -1.36. The van der Waals surface area contributed by atoms with E-state index in [1.54, 1.807) is 0 Å². The number of aromatic nitrogens is 3. The minimum Gasteiger partial charge on any atom is -0.456 e. The van der Waals surface area contributed by atoms with Crippen LogP contribution in [-0.2, 0) is 0 Å². The van der Waals surface area contributed by atoms with Gasteiger partial charge in [-0.25, -0.2) is 15.0 Å². The van der Waals surface area contributed by atoms with Crippen molar-refractivity contribution in [3.05, 3.63) is 158 Å². The van der Waals surface area contributed by atoms with Crippen molar-refractivity contribution in [1.29, 1.82) is 0 Å². The van der Waals surface area contributed by atoms with Crippen molar-refractivity contribution in [3.63, 3.8) is 0 Å². The Morgan fingerprint density at radius 1 is 0.388 bits per heavy atom. The predicted octanol–water partition coefficient (Wildman–Crippen LogP) is 11.2. The Kier molecular flexibility index (Phi) is 7.82. The maximum Gasteiger partial charge on any atom is 0.164 e. The van der Waals surface area contributed by atoms with Gasteiger partial charge in [0.15, 0.2) is 17.5 Å². The molecule has 8 aromatic rings. The largest absolute Gasteiger partial charge is 0.456 e. The van der Waals surface area contributed by atoms with Crippen LogP contribution in [0.1, 0.15) is 0 Å². The van der Waals surface area contributed by atoms with Gasteiger partial charge >= 0.3 is 0 Å². The number of fused-ring (bicyclic) bond motifs is 1. The molecule has 0 fully saturated rings. The molecule has 0 saturated heterocycles. The second kappa shape index (κ2) is 12.6. The summed E-state index contributed by atoms with van der Waals surface area (Å²) in [5, 5.41) is 2.54. The highest BCUT2D eigenvalue weighted by Gasteiger charge is 2.17. The number of nitrogens with zero attached hydrogens (tertiary/aromatic N) is 3. The molecular weight excluding hydrogens is 615 g/mol. The quantitative estimate of drug-likeness (QED) is 0.161. The summed E-state index contributed by atoms with van der Waals surface area (Å²) >= 11 is 0. The predicted molar refractivity (Wildman–Crippen MR) is 205 cm³/mol. The molecular formula is C44H35N3OSi. The van der Waals surface area contributed by atoms with E-state index in [0.717, 1.165) is 50.1 Å². The first-order valence-corrected chi connectivity index (χ1v) is 20.1. The third kappa shape index (κ3) is 6.36. The summed E-state index contributed by atoms with van der Waals surface area (Å²) in [5.74, 6) is 2.67. The van der Waals surface area contributed by atoms with Gasteiger partial charge in [0.1, 0.15) is 11.3 Å². The Hall–Kier alpha value is -5.91. The Bertz CT molecular complexity index is 2390. The van der Waals surface area contributed by atoms with Gasteiger partial charge in [-0.2, -0.15) is 0 Å². The summed E-state index contributed by atoms with van der Waals surface area (Å²) in [4.78, 5) is 15.0. The summed E-state index contributed by atoms with van der Waals surface area (Å²) in [7, 11) is -1.36. The molecule has 0 aliphatic heterocycles. The molecule has 49 heavy (non-hydrogen) atoms. The molecule has 2 aromatic heterocycles. The number of hydrogen-bond donors (Lipinski definition) is 0. The fourth-order valence-electron chi connectivity index (χ4n) is 6.16. The summed E-state index contributed by atoms with van der Waals surface area (Å²) < 4.78 is 6.19. The lowest BCUT2D eigenvalue weighted by Gasteiger charge is -2.17. The summed E-state index contributed by atoms with van der Waals surface area (Å²) in [6, 6.07) is 54.7. The van der Waals surface area contributed by atoms with E-state index in [9.17, 15) is 0 Å². The molecule has 0 unspecified atom stereocenters. The summed E-state index contributed by atoms with van der Waals surface area (Å²) in [6.45, 7) is 7.15. The maximum absolute atomic E-state index is 6.19. The summed E-state index contributed by atoms with van der Waals surface area (Å²) in [6.07, 6.45) is 0. The molecule has 0 saturated carbocycles. The van der Waals surface area contributed by atoms with E-state index in [2.05, 4.69) is 117 Å². The van der Waals surface area contributed by atoms with Gasteiger partial charge in [0, 0.05) is 27.6 Å². The second-order valence-corrected chi connectivity index (χ2v) is 18.5. The van der Waals surface area contributed by atoms with Crippen LogP contribution in [0.3, 0.4) is 0 Å². The molecule has 8 rings (SSSR count). The van der Waals surface area contributed by atoms with Gasteiger partial charge in [0.25, 0.3) is 0 Å². The maximum atomic E-state index is 6.19. The summed E-state index contributed by atoms with van der Waals surface area (Å²) in [5.41, 5.74) is 9.25. The second-order valence-electron chi connectivity index (χ2n) is 13.4. The van der Waals surface area contributed by atoms with Crippen LogP contribution in [0.25, 0.3) is 78.7 Å². The molecule has 0 amide bonds. The Morgan fingerprint density at radius 2 is 0.857 bits per heavy atom. The van der Waals surface area contributed by atoms with Crippen molar-refractivity contribution in [3.8, 4) is 67.7 Å². The van der Waals surface area contributed by atoms with Gasteiger partial charge in [-0.15, -0.1) is 0 Å². The van der Waals surface area contributed by atoms with Crippen LogP contribution >= 0.6 is 0 Å². The SMILES string of the molecule is C[Si](C)(C)c1ccc(-c2cccc(-c3cccc(-c4nc(-c5ccccc5)nc(-c5cccc(-c6cc7ccccc7o6)c5)n4)c3)c2)cc1. The van der Waals surface area contributed by atoms with Gasteiger partial charge in [0.2, 0.25) is 0 Å². The lowest BCUT2D eigenvalue weighted by atomic mass is 9.98. The van der Waals surface area contributed by atoms with Gasteiger partial charge in [-0.1, -0.05) is 152 Å². The fourth-order valence-corrected chi connectivity index (χ4v) is 7.33. The van der Waals surface area contributed by atoms with Crippen molar-refractivity contribution >= 4 is 24.2 Å². The normalized spacial score (nSPS) is 11.6. The average molecular weight is 650 g/mol. The molecule has 0 radical (unpaired) electrons. The number of furan rings is 1. The Balaban J connectivity index is 1.18. The van der Waals surface area contributed by atoms with Crippen molar-refractivity contribution in [2.75, 3.05) is 0 Å². The average Bonchev–Trinajstić information content (AvgIpc) is 3.60. The monoisotopic (exact) mass is 649 g/mol. The van der Waals surface area contributed by atoms with E-state index >= 15 is 0 Å². The molecule has 2 heterocycles. The van der Waals surface area contributed by atoms with Crippen molar-refractivity contribution < 1.29 is 4.42 Å². The third-order valence-corrected chi connectivity index (χ3v) is 11.0. The minimum absolute atomic E-state index is 0.607. The zero-order chi connectivity index (χ0) is 33.4. The van der Waals surface area contributed by atoms with Crippen LogP contribution in [0, 0.1) is 0 Å². The van der Waals surface area contributed by atoms with Crippen LogP contribution in [0.15, 0.2) is 162 Å². The zero-order valence-electron chi connectivity index (χ0n) is 27.8. The molecule has 5 heteroatoms. The van der Waals surface area contributed by atoms with Crippen LogP contribution in [0.5, 0.6) is 0 Å². The van der Waals surface area contributed by atoms with Crippen LogP contribution in [0.4, 0.5) is 0 Å². The topological polar surface area (TPSA) is 51.8 Å². The fraction of sp³-hybridized carbons (Fsp3) is 0.0682. The van der Waals surface area contributed by atoms with Crippen molar-refractivity contribution in [2.45, 2.75) is 19.6 Å². The van der Waals surface area contributed by atoms with Crippen LogP contribution in [0.2, 0.25) is 19.6 Å². The van der Waals surface area contributed by atoms with E-state index in [1.807, 2.05) is 60.7 Å². The van der Waals surface area contributed by atoms with Gasteiger partial charge in [0.05, 0.1) is 8.07 Å². The van der Waals surface area contributed by atoms with E-state index < -0.39 is 8.07 Å². The van der Waals surface area contributed by atoms with Crippen LogP contribution in [-0.4, -0.2) is 23.0 Å². The molecule has 0 aliphatic carbocycles. The van der Waals surface area contributed by atoms with E-state index in [-0.39, 0.29) is 0 Å². The van der Waals surface area contributed by atoms with Crippen LogP contribution < -0.4 is 5.19 Å². The Morgan fingerprint density at radius 3 is 1.47 bits per heavy atom. The Labute approximate surface area is 287 Å². The molecule has 6 aromatic carbocycles. The zero-order valence-corrected chi connectivity index (χ0v) is 28.8. The van der Waals surface area contributed by atoms with Gasteiger partial charge < -0.3 is 4.42 Å². The number of para-hydroxylation sites is 1. The molecule has 0 atom stereocenters. The van der Waals surface area contributed by atoms with E-state index in [0.29, 0.717) is 17.5 Å². The highest BCUT2D eigenvalue weighted by molar-refractivity contribution is 6.88. The van der Waals surface area contributed by atoms with Crippen molar-refractivity contribution in [2.24, 2.45) is 0 Å². The molecule has 4 nitrogen and oxygen atoms in total. The number of hydrogen-bond acceptors (Lipinski definition) is 4. The van der Waals surface area contributed by atoms with E-state index in [4.69, 9.17) is 19.4 Å². The smallest absolute Gasteiger partial charge is 0.164 e. The highest BCUT2D eigenvalue weighted by Crippen LogP contribution is 2.33. The van der Waals surface area contributed by atoms with Gasteiger partial charge in [-0.05, 0) is 52.6 Å². The molecule has 236 valence electrons. The number of benzene rings is 6. The van der Waals surface area contributed by atoms with E-state index in [1.165, 1.54) is 16.3 Å². The molecule has 0 aliphatic rings. The first kappa shape index (κ1) is 30.4. The molecule has 0 bridgehead atoms. The third-order valence-electron chi connectivity index (χ3n) is 8.90. The number of rotatable bonds is 7.